The van der Waals surface area contributed by atoms with Gasteiger partial charge in [-0.05, 0) is 35.9 Å². The van der Waals surface area contributed by atoms with Crippen molar-refractivity contribution < 1.29 is 18.9 Å². The molecule has 0 saturated heterocycles. The van der Waals surface area contributed by atoms with Crippen LogP contribution >= 0.6 is 0 Å². The number of fused-ring (bicyclic) bond motifs is 1. The van der Waals surface area contributed by atoms with Crippen molar-refractivity contribution in [1.82, 2.24) is 0 Å². The Balaban J connectivity index is 1.94. The third kappa shape index (κ3) is 2.34. The van der Waals surface area contributed by atoms with Crippen molar-refractivity contribution in [2.75, 3.05) is 21.3 Å². The van der Waals surface area contributed by atoms with Crippen LogP contribution in [0.15, 0.2) is 36.4 Å². The highest BCUT2D eigenvalue weighted by atomic mass is 16.5. The van der Waals surface area contributed by atoms with Crippen LogP contribution in [0, 0.1) is 0 Å². The first-order valence-electron chi connectivity index (χ1n) is 7.24. The van der Waals surface area contributed by atoms with Gasteiger partial charge in [0.25, 0.3) is 0 Å². The second kappa shape index (κ2) is 5.79. The maximum absolute atomic E-state index is 6.13. The molecule has 0 unspecified atom stereocenters. The SMILES string of the molecule is COc1ccc2c(c1)[C@H](C)[C@@H](c1ccc(OC)c(OC)c1)O2. The molecule has 116 valence electrons. The van der Waals surface area contributed by atoms with Crippen LogP contribution in [0.25, 0.3) is 0 Å². The molecule has 0 aromatic heterocycles. The van der Waals surface area contributed by atoms with E-state index in [0.29, 0.717) is 5.75 Å². The van der Waals surface area contributed by atoms with Crippen LogP contribution in [0.5, 0.6) is 23.0 Å². The summed E-state index contributed by atoms with van der Waals surface area (Å²) in [5.41, 5.74) is 2.24. The highest BCUT2D eigenvalue weighted by Crippen LogP contribution is 2.47. The molecular formula is C18H20O4. The van der Waals surface area contributed by atoms with Crippen LogP contribution in [-0.2, 0) is 0 Å². The zero-order valence-corrected chi connectivity index (χ0v) is 13.3. The predicted octanol–water partition coefficient (Wildman–Crippen LogP) is 3.95. The molecule has 0 spiro atoms. The Morgan fingerprint density at radius 1 is 0.864 bits per heavy atom. The number of hydrogen-bond acceptors (Lipinski definition) is 4. The lowest BCUT2D eigenvalue weighted by atomic mass is 9.92. The largest absolute Gasteiger partial charge is 0.497 e. The molecule has 22 heavy (non-hydrogen) atoms. The molecule has 1 aliphatic heterocycles. The van der Waals surface area contributed by atoms with Gasteiger partial charge in [-0.3, -0.25) is 0 Å². The van der Waals surface area contributed by atoms with E-state index in [-0.39, 0.29) is 12.0 Å². The average molecular weight is 300 g/mol. The van der Waals surface area contributed by atoms with E-state index >= 15 is 0 Å². The van der Waals surface area contributed by atoms with E-state index in [1.54, 1.807) is 21.3 Å². The van der Waals surface area contributed by atoms with Gasteiger partial charge < -0.3 is 18.9 Å². The summed E-state index contributed by atoms with van der Waals surface area (Å²) in [6.45, 7) is 2.16. The quantitative estimate of drug-likeness (QED) is 0.856. The van der Waals surface area contributed by atoms with Gasteiger partial charge in [-0.2, -0.15) is 0 Å². The molecule has 2 atom stereocenters. The lowest BCUT2D eigenvalue weighted by molar-refractivity contribution is 0.215. The Hall–Kier alpha value is -2.36. The summed E-state index contributed by atoms with van der Waals surface area (Å²) < 4.78 is 22.1. The minimum absolute atomic E-state index is 0.0399. The van der Waals surface area contributed by atoms with E-state index in [1.165, 1.54) is 5.56 Å². The average Bonchev–Trinajstić information content (AvgIpc) is 2.90. The summed E-state index contributed by atoms with van der Waals surface area (Å²) in [6, 6.07) is 11.8. The fourth-order valence-electron chi connectivity index (χ4n) is 2.91. The number of rotatable bonds is 4. The second-order valence-electron chi connectivity index (χ2n) is 5.35. The summed E-state index contributed by atoms with van der Waals surface area (Å²) in [5, 5.41) is 0. The molecule has 0 aliphatic carbocycles. The molecule has 2 aromatic rings. The van der Waals surface area contributed by atoms with Crippen LogP contribution in [0.2, 0.25) is 0 Å². The molecular weight excluding hydrogens is 280 g/mol. The molecule has 3 rings (SSSR count). The van der Waals surface area contributed by atoms with E-state index in [0.717, 1.165) is 22.8 Å². The zero-order chi connectivity index (χ0) is 15.7. The van der Waals surface area contributed by atoms with Crippen molar-refractivity contribution in [3.63, 3.8) is 0 Å². The molecule has 0 saturated carbocycles. The highest BCUT2D eigenvalue weighted by Gasteiger charge is 2.33. The van der Waals surface area contributed by atoms with Gasteiger partial charge in [-0.25, -0.2) is 0 Å². The molecule has 4 heteroatoms. The standard InChI is InChI=1S/C18H20O4/c1-11-14-10-13(19-2)6-8-15(14)22-18(11)12-5-7-16(20-3)17(9-12)21-4/h5-11,18H,1-4H3/t11-,18-/m0/s1. The Morgan fingerprint density at radius 3 is 2.32 bits per heavy atom. The Morgan fingerprint density at radius 2 is 1.64 bits per heavy atom. The molecule has 2 aromatic carbocycles. The van der Waals surface area contributed by atoms with Gasteiger partial charge in [0, 0.05) is 11.5 Å². The van der Waals surface area contributed by atoms with Crippen LogP contribution in [0.3, 0.4) is 0 Å². The van der Waals surface area contributed by atoms with Gasteiger partial charge >= 0.3 is 0 Å². The minimum atomic E-state index is -0.0399. The topological polar surface area (TPSA) is 36.9 Å². The summed E-state index contributed by atoms with van der Waals surface area (Å²) >= 11 is 0. The maximum Gasteiger partial charge on any atom is 0.161 e. The van der Waals surface area contributed by atoms with Gasteiger partial charge in [0.1, 0.15) is 17.6 Å². The third-order valence-corrected chi connectivity index (χ3v) is 4.15. The summed E-state index contributed by atoms with van der Waals surface area (Å²) in [7, 11) is 4.95. The molecule has 0 fully saturated rings. The van der Waals surface area contributed by atoms with Crippen LogP contribution in [-0.4, -0.2) is 21.3 Å². The second-order valence-corrected chi connectivity index (χ2v) is 5.35. The normalized spacial score (nSPS) is 19.3. The first-order valence-corrected chi connectivity index (χ1v) is 7.24. The Labute approximate surface area is 130 Å². The third-order valence-electron chi connectivity index (χ3n) is 4.15. The fourth-order valence-corrected chi connectivity index (χ4v) is 2.91. The van der Waals surface area contributed by atoms with Gasteiger partial charge in [0.05, 0.1) is 21.3 Å². The van der Waals surface area contributed by atoms with Gasteiger partial charge in [0.2, 0.25) is 0 Å². The lowest BCUT2D eigenvalue weighted by Crippen LogP contribution is -2.07. The molecule has 0 bridgehead atoms. The van der Waals surface area contributed by atoms with Crippen molar-refractivity contribution in [2.24, 2.45) is 0 Å². The molecule has 1 heterocycles. The maximum atomic E-state index is 6.13. The molecule has 4 nitrogen and oxygen atoms in total. The van der Waals surface area contributed by atoms with Crippen molar-refractivity contribution in [1.29, 1.82) is 0 Å². The summed E-state index contributed by atoms with van der Waals surface area (Å²) in [4.78, 5) is 0. The van der Waals surface area contributed by atoms with Crippen LogP contribution in [0.4, 0.5) is 0 Å². The van der Waals surface area contributed by atoms with Crippen LogP contribution in [0.1, 0.15) is 30.1 Å². The first-order chi connectivity index (χ1) is 10.7. The molecule has 1 aliphatic rings. The number of benzene rings is 2. The number of ether oxygens (including phenoxy) is 4. The van der Waals surface area contributed by atoms with E-state index < -0.39 is 0 Å². The van der Waals surface area contributed by atoms with E-state index in [1.807, 2.05) is 36.4 Å². The molecule has 0 radical (unpaired) electrons. The monoisotopic (exact) mass is 300 g/mol. The summed E-state index contributed by atoms with van der Waals surface area (Å²) in [6.07, 6.45) is -0.0399. The van der Waals surface area contributed by atoms with Crippen molar-refractivity contribution in [3.8, 4) is 23.0 Å². The van der Waals surface area contributed by atoms with Gasteiger partial charge in [-0.1, -0.05) is 13.0 Å². The number of methoxy groups -OCH3 is 3. The van der Waals surface area contributed by atoms with E-state index in [4.69, 9.17) is 18.9 Å². The fraction of sp³-hybridized carbons (Fsp3) is 0.333. The van der Waals surface area contributed by atoms with Crippen molar-refractivity contribution >= 4 is 0 Å². The lowest BCUT2D eigenvalue weighted by Gasteiger charge is -2.17. The van der Waals surface area contributed by atoms with Crippen molar-refractivity contribution in [3.05, 3.63) is 47.5 Å². The first kappa shape index (κ1) is 14.6. The smallest absolute Gasteiger partial charge is 0.161 e. The van der Waals surface area contributed by atoms with Crippen LogP contribution < -0.4 is 18.9 Å². The van der Waals surface area contributed by atoms with Gasteiger partial charge in [-0.15, -0.1) is 0 Å². The molecule has 0 amide bonds. The number of hydrogen-bond donors (Lipinski definition) is 0. The minimum Gasteiger partial charge on any atom is -0.497 e. The van der Waals surface area contributed by atoms with E-state index in [9.17, 15) is 0 Å². The summed E-state index contributed by atoms with van der Waals surface area (Å²) in [5.74, 6) is 3.43. The Bertz CT molecular complexity index is 681. The Kier molecular flexibility index (Phi) is 3.84. The van der Waals surface area contributed by atoms with Crippen molar-refractivity contribution in [2.45, 2.75) is 18.9 Å². The van der Waals surface area contributed by atoms with Gasteiger partial charge in [0.15, 0.2) is 11.5 Å². The van der Waals surface area contributed by atoms with E-state index in [2.05, 4.69) is 6.92 Å². The highest BCUT2D eigenvalue weighted by molar-refractivity contribution is 5.49. The molecule has 0 N–H and O–H groups in total. The zero-order valence-electron chi connectivity index (χ0n) is 13.3. The predicted molar refractivity (Wildman–Crippen MR) is 84.3 cm³/mol.